The Labute approximate surface area is 140 Å². The predicted molar refractivity (Wildman–Crippen MR) is 95.7 cm³/mol. The number of amides is 1. The van der Waals surface area contributed by atoms with Crippen molar-refractivity contribution in [3.05, 3.63) is 41.5 Å². The number of benzene rings is 2. The lowest BCUT2D eigenvalue weighted by Crippen LogP contribution is -2.31. The van der Waals surface area contributed by atoms with E-state index >= 15 is 0 Å². The Morgan fingerprint density at radius 3 is 2.75 bits per heavy atom. The minimum Gasteiger partial charge on any atom is -0.497 e. The molecule has 0 saturated heterocycles. The van der Waals surface area contributed by atoms with Crippen LogP contribution in [0.2, 0.25) is 0 Å². The fraction of sp³-hybridized carbons (Fsp3) is 0.316. The van der Waals surface area contributed by atoms with Crippen molar-refractivity contribution in [2.24, 2.45) is 0 Å². The maximum absolute atomic E-state index is 12.7. The molecular weight excluding hydrogens is 302 g/mol. The van der Waals surface area contributed by atoms with E-state index in [1.54, 1.807) is 7.11 Å². The number of carbonyl (C=O) groups is 1. The van der Waals surface area contributed by atoms with Gasteiger partial charge in [0.1, 0.15) is 5.75 Å². The van der Waals surface area contributed by atoms with Crippen molar-refractivity contribution in [2.75, 3.05) is 34.3 Å². The first kappa shape index (κ1) is 15.0. The smallest absolute Gasteiger partial charge is 0.254 e. The van der Waals surface area contributed by atoms with Gasteiger partial charge < -0.3 is 19.5 Å². The zero-order valence-corrected chi connectivity index (χ0v) is 14.2. The van der Waals surface area contributed by atoms with Gasteiger partial charge in [-0.25, -0.2) is 0 Å². The fourth-order valence-corrected chi connectivity index (χ4v) is 3.47. The molecule has 0 atom stereocenters. The van der Waals surface area contributed by atoms with Crippen molar-refractivity contribution < 1.29 is 9.53 Å². The van der Waals surface area contributed by atoms with Crippen molar-refractivity contribution >= 4 is 27.7 Å². The van der Waals surface area contributed by atoms with Crippen molar-refractivity contribution in [1.29, 1.82) is 0 Å². The molecule has 0 unspecified atom stereocenters. The van der Waals surface area contributed by atoms with Gasteiger partial charge in [-0.15, -0.1) is 0 Å². The van der Waals surface area contributed by atoms with Gasteiger partial charge in [-0.1, -0.05) is 0 Å². The number of nitrogens with one attached hydrogen (secondary N) is 1. The number of aromatic nitrogens is 1. The first-order chi connectivity index (χ1) is 11.6. The quantitative estimate of drug-likeness (QED) is 0.803. The molecule has 4 rings (SSSR count). The van der Waals surface area contributed by atoms with E-state index in [0.717, 1.165) is 51.8 Å². The molecule has 3 aromatic rings. The van der Waals surface area contributed by atoms with Gasteiger partial charge in [-0.05, 0) is 50.0 Å². The number of rotatable bonds is 4. The fourth-order valence-electron chi connectivity index (χ4n) is 3.47. The standard InChI is InChI=1S/C19H21N3O2/c1-21(2)8-9-22-11-15-13(19(22)23)5-7-17-18(15)14-10-12(24-3)4-6-16(14)20-17/h4-7,10,20H,8-9,11H2,1-3H3. The summed E-state index contributed by atoms with van der Waals surface area (Å²) in [7, 11) is 5.72. The zero-order valence-electron chi connectivity index (χ0n) is 14.2. The number of aromatic amines is 1. The molecule has 0 radical (unpaired) electrons. The predicted octanol–water partition coefficient (Wildman–Crippen LogP) is 2.85. The van der Waals surface area contributed by atoms with Crippen LogP contribution in [0.5, 0.6) is 5.75 Å². The number of hydrogen-bond acceptors (Lipinski definition) is 3. The molecule has 0 saturated carbocycles. The number of hydrogen-bond donors (Lipinski definition) is 1. The van der Waals surface area contributed by atoms with Gasteiger partial charge in [0.15, 0.2) is 0 Å². The van der Waals surface area contributed by atoms with Gasteiger partial charge in [-0.3, -0.25) is 4.79 Å². The Bertz CT molecular complexity index is 943. The van der Waals surface area contributed by atoms with Crippen LogP contribution in [0.4, 0.5) is 0 Å². The van der Waals surface area contributed by atoms with E-state index < -0.39 is 0 Å². The Morgan fingerprint density at radius 1 is 1.21 bits per heavy atom. The summed E-state index contributed by atoms with van der Waals surface area (Å²) >= 11 is 0. The van der Waals surface area contributed by atoms with Crippen LogP contribution in [0.15, 0.2) is 30.3 Å². The summed E-state index contributed by atoms with van der Waals surface area (Å²) in [6.45, 7) is 2.28. The highest BCUT2D eigenvalue weighted by Gasteiger charge is 2.29. The second-order valence-corrected chi connectivity index (χ2v) is 6.58. The monoisotopic (exact) mass is 323 g/mol. The number of nitrogens with zero attached hydrogens (tertiary/aromatic N) is 2. The van der Waals surface area contributed by atoms with Crippen molar-refractivity contribution in [2.45, 2.75) is 6.54 Å². The van der Waals surface area contributed by atoms with E-state index in [1.165, 1.54) is 0 Å². The van der Waals surface area contributed by atoms with Crippen LogP contribution in [-0.4, -0.2) is 55.0 Å². The molecule has 1 aliphatic rings. The number of likely N-dealkylation sites (N-methyl/N-ethyl adjacent to an activating group) is 1. The number of ether oxygens (including phenoxy) is 1. The maximum Gasteiger partial charge on any atom is 0.254 e. The van der Waals surface area contributed by atoms with Crippen LogP contribution in [0.1, 0.15) is 15.9 Å². The second kappa shape index (κ2) is 5.53. The van der Waals surface area contributed by atoms with Gasteiger partial charge in [0, 0.05) is 47.0 Å². The van der Waals surface area contributed by atoms with E-state index in [2.05, 4.69) is 9.88 Å². The summed E-state index contributed by atoms with van der Waals surface area (Å²) < 4.78 is 5.37. The van der Waals surface area contributed by atoms with Crippen LogP contribution in [0, 0.1) is 0 Å². The van der Waals surface area contributed by atoms with E-state index in [0.29, 0.717) is 6.54 Å². The molecule has 1 aliphatic heterocycles. The third-order valence-electron chi connectivity index (χ3n) is 4.76. The van der Waals surface area contributed by atoms with Crippen LogP contribution >= 0.6 is 0 Å². The molecule has 0 aliphatic carbocycles. The summed E-state index contributed by atoms with van der Waals surface area (Å²) in [5.41, 5.74) is 4.08. The molecule has 2 aromatic carbocycles. The zero-order chi connectivity index (χ0) is 16.8. The SMILES string of the molecule is COc1ccc2[nH]c3ccc4c(c3c2c1)CN(CCN(C)C)C4=O. The lowest BCUT2D eigenvalue weighted by atomic mass is 10.0. The Hall–Kier alpha value is -2.53. The molecule has 0 fully saturated rings. The summed E-state index contributed by atoms with van der Waals surface area (Å²) in [5.74, 6) is 0.959. The molecule has 24 heavy (non-hydrogen) atoms. The highest BCUT2D eigenvalue weighted by molar-refractivity contribution is 6.14. The molecule has 1 N–H and O–H groups in total. The van der Waals surface area contributed by atoms with Gasteiger partial charge in [0.25, 0.3) is 5.91 Å². The second-order valence-electron chi connectivity index (χ2n) is 6.58. The van der Waals surface area contributed by atoms with E-state index in [4.69, 9.17) is 4.74 Å². The van der Waals surface area contributed by atoms with E-state index in [-0.39, 0.29) is 5.91 Å². The topological polar surface area (TPSA) is 48.6 Å². The Morgan fingerprint density at radius 2 is 2.00 bits per heavy atom. The van der Waals surface area contributed by atoms with Crippen LogP contribution < -0.4 is 4.74 Å². The highest BCUT2D eigenvalue weighted by Crippen LogP contribution is 2.36. The van der Waals surface area contributed by atoms with Gasteiger partial charge in [-0.2, -0.15) is 0 Å². The Kier molecular flexibility index (Phi) is 3.46. The summed E-state index contributed by atoms with van der Waals surface area (Å²) in [6.07, 6.45) is 0. The molecule has 5 nitrogen and oxygen atoms in total. The van der Waals surface area contributed by atoms with Crippen molar-refractivity contribution in [3.63, 3.8) is 0 Å². The average molecular weight is 323 g/mol. The molecule has 1 amide bonds. The summed E-state index contributed by atoms with van der Waals surface area (Å²) in [4.78, 5) is 20.2. The molecular formula is C19H21N3O2. The third kappa shape index (κ3) is 2.24. The maximum atomic E-state index is 12.7. The van der Waals surface area contributed by atoms with Gasteiger partial charge >= 0.3 is 0 Å². The van der Waals surface area contributed by atoms with Crippen molar-refractivity contribution in [1.82, 2.24) is 14.8 Å². The lowest BCUT2D eigenvalue weighted by Gasteiger charge is -2.18. The van der Waals surface area contributed by atoms with Gasteiger partial charge in [0.05, 0.1) is 7.11 Å². The van der Waals surface area contributed by atoms with Crippen LogP contribution in [0.3, 0.4) is 0 Å². The normalized spacial score (nSPS) is 14.2. The minimum atomic E-state index is 0.131. The molecule has 1 aromatic heterocycles. The molecule has 0 spiro atoms. The first-order valence-corrected chi connectivity index (χ1v) is 8.14. The third-order valence-corrected chi connectivity index (χ3v) is 4.76. The molecule has 124 valence electrons. The minimum absolute atomic E-state index is 0.131. The summed E-state index contributed by atoms with van der Waals surface area (Å²) in [5, 5.41) is 2.26. The number of H-pyrrole nitrogens is 1. The van der Waals surface area contributed by atoms with Crippen LogP contribution in [0.25, 0.3) is 21.8 Å². The number of methoxy groups -OCH3 is 1. The molecule has 2 heterocycles. The highest BCUT2D eigenvalue weighted by atomic mass is 16.5. The van der Waals surface area contributed by atoms with Crippen LogP contribution in [-0.2, 0) is 6.54 Å². The lowest BCUT2D eigenvalue weighted by molar-refractivity contribution is 0.0768. The average Bonchev–Trinajstić information content (AvgIpc) is 3.10. The largest absolute Gasteiger partial charge is 0.497 e. The number of carbonyl (C=O) groups excluding carboxylic acids is 1. The molecule has 5 heteroatoms. The summed E-state index contributed by atoms with van der Waals surface area (Å²) in [6, 6.07) is 9.98. The first-order valence-electron chi connectivity index (χ1n) is 8.14. The van der Waals surface area contributed by atoms with E-state index in [1.807, 2.05) is 49.3 Å². The number of fused-ring (bicyclic) bond motifs is 5. The van der Waals surface area contributed by atoms with Crippen molar-refractivity contribution in [3.8, 4) is 5.75 Å². The van der Waals surface area contributed by atoms with Gasteiger partial charge in [0.2, 0.25) is 0 Å². The van der Waals surface area contributed by atoms with E-state index in [9.17, 15) is 4.79 Å². The Balaban J connectivity index is 1.85. The molecule has 0 bridgehead atoms.